The standard InChI is InChI=1S/C18H29N3O2S/c22-17-9-18(14-21(12-17)16-1-7-23-8-2-16)3-5-20(6-4-18)11-15-10-19-24-13-15/h10,13,16-17,22H,1-9,11-12,14H2. The van der Waals surface area contributed by atoms with Gasteiger partial charge in [-0.05, 0) is 67.7 Å². The number of hydrogen-bond donors (Lipinski definition) is 1. The minimum absolute atomic E-state index is 0.158. The molecule has 3 aliphatic heterocycles. The zero-order chi connectivity index (χ0) is 16.4. The highest BCUT2D eigenvalue weighted by Gasteiger charge is 2.43. The molecule has 1 spiro atoms. The Morgan fingerprint density at radius 3 is 2.79 bits per heavy atom. The second kappa shape index (κ2) is 7.38. The summed E-state index contributed by atoms with van der Waals surface area (Å²) >= 11 is 1.54. The van der Waals surface area contributed by atoms with Gasteiger partial charge in [0.15, 0.2) is 0 Å². The van der Waals surface area contributed by atoms with Gasteiger partial charge >= 0.3 is 0 Å². The minimum atomic E-state index is -0.158. The zero-order valence-electron chi connectivity index (χ0n) is 14.4. The van der Waals surface area contributed by atoms with Crippen molar-refractivity contribution in [2.45, 2.75) is 50.8 Å². The van der Waals surface area contributed by atoms with Gasteiger partial charge in [-0.25, -0.2) is 4.37 Å². The molecule has 0 aliphatic carbocycles. The molecule has 0 aromatic carbocycles. The van der Waals surface area contributed by atoms with E-state index in [-0.39, 0.29) is 6.10 Å². The van der Waals surface area contributed by atoms with E-state index in [0.29, 0.717) is 11.5 Å². The summed E-state index contributed by atoms with van der Waals surface area (Å²) in [5.74, 6) is 0. The maximum absolute atomic E-state index is 10.5. The number of nitrogens with zero attached hydrogens (tertiary/aromatic N) is 3. The van der Waals surface area contributed by atoms with Crippen molar-refractivity contribution in [2.24, 2.45) is 5.41 Å². The lowest BCUT2D eigenvalue weighted by molar-refractivity contribution is -0.0726. The fourth-order valence-corrected chi connectivity index (χ4v) is 5.36. The third kappa shape index (κ3) is 3.83. The van der Waals surface area contributed by atoms with Crippen LogP contribution in [-0.4, -0.2) is 70.8 Å². The summed E-state index contributed by atoms with van der Waals surface area (Å²) in [5.41, 5.74) is 1.66. The van der Waals surface area contributed by atoms with Gasteiger partial charge in [0.05, 0.1) is 6.10 Å². The first-order valence-electron chi connectivity index (χ1n) is 9.33. The van der Waals surface area contributed by atoms with Crippen LogP contribution in [-0.2, 0) is 11.3 Å². The summed E-state index contributed by atoms with van der Waals surface area (Å²) in [7, 11) is 0. The number of likely N-dealkylation sites (tertiary alicyclic amines) is 2. The van der Waals surface area contributed by atoms with Crippen LogP contribution in [0.3, 0.4) is 0 Å². The van der Waals surface area contributed by atoms with Crippen LogP contribution in [0.2, 0.25) is 0 Å². The van der Waals surface area contributed by atoms with Crippen LogP contribution < -0.4 is 0 Å². The average molecular weight is 352 g/mol. The quantitative estimate of drug-likeness (QED) is 0.902. The van der Waals surface area contributed by atoms with E-state index in [4.69, 9.17) is 4.74 Å². The van der Waals surface area contributed by atoms with Gasteiger partial charge in [-0.15, -0.1) is 0 Å². The van der Waals surface area contributed by atoms with Crippen LogP contribution in [0.5, 0.6) is 0 Å². The Bertz CT molecular complexity index is 510. The zero-order valence-corrected chi connectivity index (χ0v) is 15.2. The third-order valence-corrected chi connectivity index (χ3v) is 6.80. The molecule has 1 unspecified atom stereocenters. The van der Waals surface area contributed by atoms with Crippen molar-refractivity contribution in [1.29, 1.82) is 0 Å². The number of aliphatic hydroxyl groups excluding tert-OH is 1. The first-order valence-corrected chi connectivity index (χ1v) is 10.2. The molecule has 3 saturated heterocycles. The van der Waals surface area contributed by atoms with Crippen molar-refractivity contribution in [1.82, 2.24) is 14.2 Å². The summed E-state index contributed by atoms with van der Waals surface area (Å²) in [6.45, 7) is 7.10. The Labute approximate surface area is 148 Å². The number of ether oxygens (including phenoxy) is 1. The van der Waals surface area contributed by atoms with E-state index < -0.39 is 0 Å². The van der Waals surface area contributed by atoms with Gasteiger partial charge in [-0.1, -0.05) is 0 Å². The Kier molecular flexibility index (Phi) is 5.20. The van der Waals surface area contributed by atoms with Gasteiger partial charge in [-0.2, -0.15) is 0 Å². The van der Waals surface area contributed by atoms with Gasteiger partial charge in [0.1, 0.15) is 0 Å². The van der Waals surface area contributed by atoms with Gasteiger partial charge < -0.3 is 9.84 Å². The number of aliphatic hydroxyl groups is 1. The molecule has 3 aliphatic rings. The van der Waals surface area contributed by atoms with E-state index in [2.05, 4.69) is 19.6 Å². The van der Waals surface area contributed by atoms with Crippen LogP contribution in [0.15, 0.2) is 11.6 Å². The van der Waals surface area contributed by atoms with Crippen LogP contribution in [0, 0.1) is 5.41 Å². The number of piperidine rings is 2. The normalized spacial score (nSPS) is 30.0. The van der Waals surface area contributed by atoms with E-state index in [1.807, 2.05) is 6.20 Å². The lowest BCUT2D eigenvalue weighted by Gasteiger charge is -2.51. The van der Waals surface area contributed by atoms with E-state index in [0.717, 1.165) is 58.7 Å². The van der Waals surface area contributed by atoms with E-state index >= 15 is 0 Å². The summed E-state index contributed by atoms with van der Waals surface area (Å²) in [5, 5.41) is 12.7. The molecule has 1 atom stereocenters. The van der Waals surface area contributed by atoms with Crippen LogP contribution >= 0.6 is 11.5 Å². The second-order valence-electron chi connectivity index (χ2n) is 7.94. The van der Waals surface area contributed by atoms with Crippen LogP contribution in [0.1, 0.15) is 37.7 Å². The molecule has 0 radical (unpaired) electrons. The molecule has 0 saturated carbocycles. The van der Waals surface area contributed by atoms with Crippen molar-refractivity contribution in [2.75, 3.05) is 39.4 Å². The topological polar surface area (TPSA) is 48.8 Å². The highest BCUT2D eigenvalue weighted by Crippen LogP contribution is 2.41. The lowest BCUT2D eigenvalue weighted by atomic mass is 9.71. The highest BCUT2D eigenvalue weighted by atomic mass is 32.1. The Balaban J connectivity index is 1.36. The predicted octanol–water partition coefficient (Wildman–Crippen LogP) is 1.97. The maximum atomic E-state index is 10.5. The molecule has 3 fully saturated rings. The molecule has 134 valence electrons. The molecule has 0 amide bonds. The van der Waals surface area contributed by atoms with Gasteiger partial charge in [0, 0.05) is 50.5 Å². The van der Waals surface area contributed by atoms with Gasteiger partial charge in [0.25, 0.3) is 0 Å². The highest BCUT2D eigenvalue weighted by molar-refractivity contribution is 7.03. The molecule has 1 aromatic rings. The minimum Gasteiger partial charge on any atom is -0.392 e. The van der Waals surface area contributed by atoms with E-state index in [1.54, 1.807) is 0 Å². The number of β-amino-alcohol motifs (C(OH)–C–C–N with tert-alkyl or cyclic N) is 1. The van der Waals surface area contributed by atoms with Crippen molar-refractivity contribution < 1.29 is 9.84 Å². The molecular weight excluding hydrogens is 322 g/mol. The number of hydrogen-bond acceptors (Lipinski definition) is 6. The van der Waals surface area contributed by atoms with Crippen LogP contribution in [0.4, 0.5) is 0 Å². The monoisotopic (exact) mass is 351 g/mol. The molecule has 0 bridgehead atoms. The van der Waals surface area contributed by atoms with Gasteiger partial charge in [-0.3, -0.25) is 9.80 Å². The molecule has 4 heterocycles. The largest absolute Gasteiger partial charge is 0.392 e. The average Bonchev–Trinajstić information content (AvgIpc) is 3.10. The Morgan fingerprint density at radius 2 is 2.08 bits per heavy atom. The molecular formula is C18H29N3O2S. The third-order valence-electron chi connectivity index (χ3n) is 6.17. The first kappa shape index (κ1) is 16.9. The lowest BCUT2D eigenvalue weighted by Crippen LogP contribution is -2.56. The Morgan fingerprint density at radius 1 is 1.29 bits per heavy atom. The fourth-order valence-electron chi connectivity index (χ4n) is 4.83. The molecule has 1 aromatic heterocycles. The second-order valence-corrected chi connectivity index (χ2v) is 8.60. The molecule has 1 N–H and O–H groups in total. The molecule has 24 heavy (non-hydrogen) atoms. The van der Waals surface area contributed by atoms with E-state index in [9.17, 15) is 5.11 Å². The smallest absolute Gasteiger partial charge is 0.0673 e. The maximum Gasteiger partial charge on any atom is 0.0673 e. The fraction of sp³-hybridized carbons (Fsp3) is 0.833. The molecule has 6 heteroatoms. The number of aromatic nitrogens is 1. The van der Waals surface area contributed by atoms with Crippen molar-refractivity contribution in [3.8, 4) is 0 Å². The van der Waals surface area contributed by atoms with Crippen molar-refractivity contribution in [3.05, 3.63) is 17.1 Å². The first-order chi connectivity index (χ1) is 11.7. The molecule has 4 rings (SSSR count). The Hall–Kier alpha value is -0.530. The van der Waals surface area contributed by atoms with Crippen molar-refractivity contribution in [3.63, 3.8) is 0 Å². The summed E-state index contributed by atoms with van der Waals surface area (Å²) in [6, 6.07) is 0.612. The summed E-state index contributed by atoms with van der Waals surface area (Å²) < 4.78 is 9.73. The summed E-state index contributed by atoms with van der Waals surface area (Å²) in [4.78, 5) is 5.13. The number of rotatable bonds is 3. The van der Waals surface area contributed by atoms with E-state index in [1.165, 1.54) is 36.5 Å². The molecule has 5 nitrogen and oxygen atoms in total. The van der Waals surface area contributed by atoms with Crippen molar-refractivity contribution >= 4 is 11.5 Å². The predicted molar refractivity (Wildman–Crippen MR) is 95.1 cm³/mol. The summed E-state index contributed by atoms with van der Waals surface area (Å²) in [6.07, 6.45) is 7.49. The van der Waals surface area contributed by atoms with Crippen LogP contribution in [0.25, 0.3) is 0 Å². The SMILES string of the molecule is OC1CN(C2CCOCC2)CC2(CCN(Cc3cnsc3)CC2)C1. The van der Waals surface area contributed by atoms with Gasteiger partial charge in [0.2, 0.25) is 0 Å².